The fraction of sp³-hybridized carbons (Fsp3) is 0.444. The zero-order valence-electron chi connectivity index (χ0n) is 8.03. The van der Waals surface area contributed by atoms with Crippen molar-refractivity contribution in [1.29, 1.82) is 0 Å². The molecular formula is C9H14N2O2. The third kappa shape index (κ3) is 1.58. The molecule has 4 heteroatoms. The van der Waals surface area contributed by atoms with Gasteiger partial charge in [-0.2, -0.15) is 0 Å². The monoisotopic (exact) mass is 182 g/mol. The highest BCUT2D eigenvalue weighted by Gasteiger charge is 2.20. The fourth-order valence-corrected chi connectivity index (χ4v) is 1.51. The predicted octanol–water partition coefficient (Wildman–Crippen LogP) is 0.726. The third-order valence-electron chi connectivity index (χ3n) is 2.28. The summed E-state index contributed by atoms with van der Waals surface area (Å²) in [7, 11) is 1.82. The molecule has 1 aromatic rings. The molecule has 72 valence electrons. The highest BCUT2D eigenvalue weighted by atomic mass is 16.4. The highest BCUT2D eigenvalue weighted by Crippen LogP contribution is 2.19. The number of aryl methyl sites for hydroxylation is 2. The lowest BCUT2D eigenvalue weighted by molar-refractivity contribution is -0.138. The van der Waals surface area contributed by atoms with Crippen LogP contribution >= 0.6 is 0 Å². The first-order chi connectivity index (χ1) is 5.95. The van der Waals surface area contributed by atoms with Gasteiger partial charge in [-0.15, -0.1) is 0 Å². The van der Waals surface area contributed by atoms with Crippen LogP contribution in [0, 0.1) is 13.8 Å². The minimum atomic E-state index is -0.996. The smallest absolute Gasteiger partial charge is 0.326 e. The molecule has 0 spiro atoms. The summed E-state index contributed by atoms with van der Waals surface area (Å²) in [6.45, 7) is 3.79. The molecule has 0 aliphatic carbocycles. The van der Waals surface area contributed by atoms with Crippen molar-refractivity contribution in [2.24, 2.45) is 12.8 Å². The van der Waals surface area contributed by atoms with E-state index in [9.17, 15) is 4.79 Å². The number of carbonyl (C=O) groups is 1. The van der Waals surface area contributed by atoms with Crippen LogP contribution in [0.5, 0.6) is 0 Å². The van der Waals surface area contributed by atoms with Gasteiger partial charge >= 0.3 is 5.97 Å². The third-order valence-corrected chi connectivity index (χ3v) is 2.28. The Hall–Kier alpha value is -1.29. The number of carboxylic acid groups (broad SMARTS) is 1. The molecular weight excluding hydrogens is 168 g/mol. The molecule has 0 fully saturated rings. The summed E-state index contributed by atoms with van der Waals surface area (Å²) in [5.74, 6) is -0.996. The summed E-state index contributed by atoms with van der Waals surface area (Å²) in [5, 5.41) is 8.76. The lowest BCUT2D eigenvalue weighted by Gasteiger charge is -2.10. The van der Waals surface area contributed by atoms with E-state index in [4.69, 9.17) is 10.8 Å². The van der Waals surface area contributed by atoms with Crippen molar-refractivity contribution >= 4 is 5.97 Å². The maximum absolute atomic E-state index is 10.7. The van der Waals surface area contributed by atoms with Crippen molar-refractivity contribution < 1.29 is 9.90 Å². The number of hydrogen-bond acceptors (Lipinski definition) is 2. The number of nitrogens with two attached hydrogens (primary N) is 1. The molecule has 1 atom stereocenters. The molecule has 0 aliphatic rings. The highest BCUT2D eigenvalue weighted by molar-refractivity contribution is 5.75. The second-order valence-corrected chi connectivity index (χ2v) is 3.23. The van der Waals surface area contributed by atoms with Crippen LogP contribution in [0.1, 0.15) is 23.0 Å². The molecule has 3 N–H and O–H groups in total. The van der Waals surface area contributed by atoms with E-state index in [1.165, 1.54) is 0 Å². The van der Waals surface area contributed by atoms with E-state index in [0.29, 0.717) is 5.69 Å². The van der Waals surface area contributed by atoms with Crippen molar-refractivity contribution in [1.82, 2.24) is 4.57 Å². The molecule has 0 saturated carbocycles. The summed E-state index contributed by atoms with van der Waals surface area (Å²) in [4.78, 5) is 10.7. The van der Waals surface area contributed by atoms with Crippen LogP contribution in [0.4, 0.5) is 0 Å². The van der Waals surface area contributed by atoms with Gasteiger partial charge in [-0.1, -0.05) is 0 Å². The van der Waals surface area contributed by atoms with E-state index in [1.807, 2.05) is 31.5 Å². The molecule has 1 heterocycles. The van der Waals surface area contributed by atoms with Crippen molar-refractivity contribution in [3.05, 3.63) is 23.0 Å². The Morgan fingerprint density at radius 3 is 2.46 bits per heavy atom. The van der Waals surface area contributed by atoms with Gasteiger partial charge in [0.15, 0.2) is 0 Å². The molecule has 1 rings (SSSR count). The Balaban J connectivity index is 3.20. The molecule has 0 saturated heterocycles. The van der Waals surface area contributed by atoms with Crippen LogP contribution in [0.3, 0.4) is 0 Å². The standard InChI is InChI=1S/C9H14N2O2/c1-5-4-6(2)11(3)8(5)7(10)9(12)13/h4,7H,10H2,1-3H3,(H,12,13). The Kier molecular flexibility index (Phi) is 2.43. The summed E-state index contributed by atoms with van der Waals surface area (Å²) in [5.41, 5.74) is 8.15. The second kappa shape index (κ2) is 3.22. The maximum atomic E-state index is 10.7. The normalized spacial score (nSPS) is 12.9. The van der Waals surface area contributed by atoms with Crippen LogP contribution in [-0.2, 0) is 11.8 Å². The fourth-order valence-electron chi connectivity index (χ4n) is 1.51. The van der Waals surface area contributed by atoms with E-state index in [-0.39, 0.29) is 0 Å². The van der Waals surface area contributed by atoms with Crippen molar-refractivity contribution in [3.8, 4) is 0 Å². The van der Waals surface area contributed by atoms with Gasteiger partial charge in [0.05, 0.1) is 0 Å². The molecule has 0 radical (unpaired) electrons. The number of rotatable bonds is 2. The maximum Gasteiger partial charge on any atom is 0.326 e. The van der Waals surface area contributed by atoms with Crippen LogP contribution in [0.15, 0.2) is 6.07 Å². The number of hydrogen-bond donors (Lipinski definition) is 2. The van der Waals surface area contributed by atoms with Gasteiger partial charge in [0.25, 0.3) is 0 Å². The Morgan fingerprint density at radius 1 is 1.62 bits per heavy atom. The quantitative estimate of drug-likeness (QED) is 0.708. The SMILES string of the molecule is Cc1cc(C)n(C)c1C(N)C(=O)O. The van der Waals surface area contributed by atoms with Crippen LogP contribution in [0.25, 0.3) is 0 Å². The summed E-state index contributed by atoms with van der Waals surface area (Å²) < 4.78 is 1.81. The van der Waals surface area contributed by atoms with Crippen LogP contribution in [-0.4, -0.2) is 15.6 Å². The first-order valence-electron chi connectivity index (χ1n) is 4.06. The van der Waals surface area contributed by atoms with E-state index in [2.05, 4.69) is 0 Å². The predicted molar refractivity (Wildman–Crippen MR) is 49.5 cm³/mol. The average molecular weight is 182 g/mol. The summed E-state index contributed by atoms with van der Waals surface area (Å²) in [6.07, 6.45) is 0. The molecule has 0 aromatic carbocycles. The van der Waals surface area contributed by atoms with Gasteiger partial charge in [0.2, 0.25) is 0 Å². The lowest BCUT2D eigenvalue weighted by atomic mass is 10.1. The van der Waals surface area contributed by atoms with Crippen molar-refractivity contribution in [3.63, 3.8) is 0 Å². The van der Waals surface area contributed by atoms with Gasteiger partial charge in [-0.05, 0) is 25.5 Å². The Morgan fingerprint density at radius 2 is 2.15 bits per heavy atom. The molecule has 4 nitrogen and oxygen atoms in total. The lowest BCUT2D eigenvalue weighted by Crippen LogP contribution is -2.24. The molecule has 0 aliphatic heterocycles. The van der Waals surface area contributed by atoms with Gasteiger partial charge in [-0.3, -0.25) is 4.79 Å². The first kappa shape index (κ1) is 9.80. The first-order valence-corrected chi connectivity index (χ1v) is 4.06. The Bertz CT molecular complexity index is 342. The number of aromatic nitrogens is 1. The summed E-state index contributed by atoms with van der Waals surface area (Å²) >= 11 is 0. The van der Waals surface area contributed by atoms with Gasteiger partial charge in [0, 0.05) is 18.4 Å². The van der Waals surface area contributed by atoms with Crippen LogP contribution < -0.4 is 5.73 Å². The van der Waals surface area contributed by atoms with E-state index in [1.54, 1.807) is 0 Å². The number of aliphatic carboxylic acids is 1. The number of carboxylic acids is 1. The van der Waals surface area contributed by atoms with E-state index in [0.717, 1.165) is 11.3 Å². The average Bonchev–Trinajstić information content (AvgIpc) is 2.26. The topological polar surface area (TPSA) is 68.2 Å². The van der Waals surface area contributed by atoms with Crippen molar-refractivity contribution in [2.45, 2.75) is 19.9 Å². The number of nitrogens with zero attached hydrogens (tertiary/aromatic N) is 1. The largest absolute Gasteiger partial charge is 0.480 e. The molecule has 13 heavy (non-hydrogen) atoms. The van der Waals surface area contributed by atoms with Crippen molar-refractivity contribution in [2.75, 3.05) is 0 Å². The van der Waals surface area contributed by atoms with Crippen LogP contribution in [0.2, 0.25) is 0 Å². The van der Waals surface area contributed by atoms with Gasteiger partial charge in [0.1, 0.15) is 6.04 Å². The second-order valence-electron chi connectivity index (χ2n) is 3.23. The zero-order chi connectivity index (χ0) is 10.2. The molecule has 0 amide bonds. The van der Waals surface area contributed by atoms with E-state index < -0.39 is 12.0 Å². The van der Waals surface area contributed by atoms with E-state index >= 15 is 0 Å². The molecule has 1 unspecified atom stereocenters. The molecule has 0 bridgehead atoms. The minimum absolute atomic E-state index is 0.671. The minimum Gasteiger partial charge on any atom is -0.480 e. The van der Waals surface area contributed by atoms with Gasteiger partial charge < -0.3 is 15.4 Å². The molecule has 1 aromatic heterocycles. The summed E-state index contributed by atoms with van der Waals surface area (Å²) in [6, 6.07) is 0.997. The Labute approximate surface area is 77.0 Å². The van der Waals surface area contributed by atoms with Gasteiger partial charge in [-0.25, -0.2) is 0 Å². The zero-order valence-corrected chi connectivity index (χ0v) is 8.03.